The average molecular weight is 226 g/mol. The molecule has 2 aromatic rings. The maximum absolute atomic E-state index is 5.78. The number of nitrogens with one attached hydrogen (secondary N) is 1. The van der Waals surface area contributed by atoms with Gasteiger partial charge in [-0.15, -0.1) is 5.10 Å². The second-order valence-corrected chi connectivity index (χ2v) is 4.16. The Labute approximate surface area is 90.9 Å². The molecule has 14 heavy (non-hydrogen) atoms. The van der Waals surface area contributed by atoms with Gasteiger partial charge in [0.15, 0.2) is 0 Å². The van der Waals surface area contributed by atoms with Crippen LogP contribution in [0, 0.1) is 0 Å². The van der Waals surface area contributed by atoms with Gasteiger partial charge < -0.3 is 0 Å². The van der Waals surface area contributed by atoms with E-state index in [4.69, 9.17) is 11.6 Å². The van der Waals surface area contributed by atoms with Gasteiger partial charge in [-0.3, -0.25) is 0 Å². The first-order chi connectivity index (χ1) is 6.84. The van der Waals surface area contributed by atoms with E-state index in [1.807, 2.05) is 24.3 Å². The van der Waals surface area contributed by atoms with Crippen molar-refractivity contribution in [2.75, 3.05) is 0 Å². The summed E-state index contributed by atoms with van der Waals surface area (Å²) in [5.74, 6) is 0.879. The number of aromatic amines is 1. The molecule has 0 atom stereocenters. The Balaban J connectivity index is 1.95. The summed E-state index contributed by atoms with van der Waals surface area (Å²) in [6, 6.07) is 7.80. The molecule has 3 nitrogen and oxygen atoms in total. The fraction of sp³-hybridized carbons (Fsp3) is 0.111. The maximum atomic E-state index is 5.78. The molecule has 0 amide bonds. The van der Waals surface area contributed by atoms with Crippen molar-refractivity contribution in [3.05, 3.63) is 41.0 Å². The summed E-state index contributed by atoms with van der Waals surface area (Å²) in [5, 5.41) is 11.9. The van der Waals surface area contributed by atoms with Gasteiger partial charge >= 0.3 is 0 Å². The van der Waals surface area contributed by atoms with Gasteiger partial charge in [-0.1, -0.05) is 35.5 Å². The fourth-order valence-corrected chi connectivity index (χ4v) is 1.86. The SMILES string of the molecule is Clc1ccc(CSc2cn[nH]n2)cc1. The molecule has 0 saturated heterocycles. The Morgan fingerprint density at radius 2 is 2.07 bits per heavy atom. The summed E-state index contributed by atoms with van der Waals surface area (Å²) in [6.07, 6.45) is 1.71. The molecule has 0 aliphatic carbocycles. The van der Waals surface area contributed by atoms with Crippen molar-refractivity contribution >= 4 is 23.4 Å². The van der Waals surface area contributed by atoms with E-state index < -0.39 is 0 Å². The van der Waals surface area contributed by atoms with Crippen LogP contribution in [-0.4, -0.2) is 15.4 Å². The summed E-state index contributed by atoms with van der Waals surface area (Å²) in [4.78, 5) is 0. The minimum absolute atomic E-state index is 0.764. The number of hydrogen-bond donors (Lipinski definition) is 1. The van der Waals surface area contributed by atoms with Crippen molar-refractivity contribution in [1.29, 1.82) is 0 Å². The van der Waals surface area contributed by atoms with E-state index in [0.29, 0.717) is 0 Å². The first-order valence-corrected chi connectivity index (χ1v) is 5.44. The van der Waals surface area contributed by atoms with Crippen molar-refractivity contribution < 1.29 is 0 Å². The molecule has 2 rings (SSSR count). The number of hydrogen-bond acceptors (Lipinski definition) is 3. The highest BCUT2D eigenvalue weighted by Crippen LogP contribution is 2.20. The van der Waals surface area contributed by atoms with E-state index in [1.54, 1.807) is 18.0 Å². The lowest BCUT2D eigenvalue weighted by molar-refractivity contribution is 0.911. The van der Waals surface area contributed by atoms with Crippen LogP contribution >= 0.6 is 23.4 Å². The molecule has 1 aromatic carbocycles. The molecule has 0 bridgehead atoms. The van der Waals surface area contributed by atoms with Crippen molar-refractivity contribution in [3.8, 4) is 0 Å². The molecular weight excluding hydrogens is 218 g/mol. The largest absolute Gasteiger partial charge is 0.197 e. The smallest absolute Gasteiger partial charge is 0.139 e. The molecule has 0 spiro atoms. The van der Waals surface area contributed by atoms with Crippen LogP contribution in [0.3, 0.4) is 0 Å². The molecular formula is C9H8ClN3S. The van der Waals surface area contributed by atoms with Gasteiger partial charge in [-0.05, 0) is 17.7 Å². The summed E-state index contributed by atoms with van der Waals surface area (Å²) >= 11 is 7.42. The number of thioether (sulfide) groups is 1. The second kappa shape index (κ2) is 4.48. The zero-order chi connectivity index (χ0) is 9.80. The van der Waals surface area contributed by atoms with Gasteiger partial charge in [0.2, 0.25) is 0 Å². The summed E-state index contributed by atoms with van der Waals surface area (Å²) < 4.78 is 0. The standard InChI is InChI=1S/C9H8ClN3S/c10-8-3-1-7(2-4-8)6-14-9-5-11-13-12-9/h1-5H,6H2,(H,11,12,13). The number of benzene rings is 1. The average Bonchev–Trinajstić information content (AvgIpc) is 2.70. The third kappa shape index (κ3) is 2.49. The van der Waals surface area contributed by atoms with E-state index in [-0.39, 0.29) is 0 Å². The predicted molar refractivity (Wildman–Crippen MR) is 57.4 cm³/mol. The van der Waals surface area contributed by atoms with Gasteiger partial charge in [-0.2, -0.15) is 10.3 Å². The van der Waals surface area contributed by atoms with Crippen LogP contribution in [0.25, 0.3) is 0 Å². The summed E-state index contributed by atoms with van der Waals surface area (Å²) in [5.41, 5.74) is 1.22. The number of aromatic nitrogens is 3. The van der Waals surface area contributed by atoms with E-state index in [9.17, 15) is 0 Å². The third-order valence-corrected chi connectivity index (χ3v) is 2.92. The minimum atomic E-state index is 0.764. The van der Waals surface area contributed by atoms with E-state index in [1.165, 1.54) is 5.56 Å². The highest BCUT2D eigenvalue weighted by Gasteiger charge is 1.98. The monoisotopic (exact) mass is 225 g/mol. The van der Waals surface area contributed by atoms with Crippen LogP contribution < -0.4 is 0 Å². The van der Waals surface area contributed by atoms with Crippen molar-refractivity contribution in [1.82, 2.24) is 15.4 Å². The third-order valence-electron chi connectivity index (χ3n) is 1.69. The number of halogens is 1. The molecule has 0 aliphatic rings. The Kier molecular flexibility index (Phi) is 3.06. The first kappa shape index (κ1) is 9.55. The lowest BCUT2D eigenvalue weighted by Gasteiger charge is -1.98. The molecule has 0 radical (unpaired) electrons. The molecule has 0 fully saturated rings. The van der Waals surface area contributed by atoms with Crippen LogP contribution in [0.15, 0.2) is 35.5 Å². The van der Waals surface area contributed by atoms with E-state index in [2.05, 4.69) is 15.4 Å². The summed E-state index contributed by atoms with van der Waals surface area (Å²) in [6.45, 7) is 0. The highest BCUT2D eigenvalue weighted by atomic mass is 35.5. The van der Waals surface area contributed by atoms with Crippen molar-refractivity contribution in [2.24, 2.45) is 0 Å². The molecule has 1 N–H and O–H groups in total. The molecule has 0 unspecified atom stereocenters. The lowest BCUT2D eigenvalue weighted by Crippen LogP contribution is -1.79. The zero-order valence-electron chi connectivity index (χ0n) is 7.27. The fourth-order valence-electron chi connectivity index (χ4n) is 0.999. The Morgan fingerprint density at radius 1 is 1.29 bits per heavy atom. The van der Waals surface area contributed by atoms with Crippen LogP contribution in [0.5, 0.6) is 0 Å². The Morgan fingerprint density at radius 3 is 2.71 bits per heavy atom. The van der Waals surface area contributed by atoms with Gasteiger partial charge in [0.1, 0.15) is 5.03 Å². The Bertz CT molecular complexity index is 385. The quantitative estimate of drug-likeness (QED) is 0.817. The first-order valence-electron chi connectivity index (χ1n) is 4.07. The van der Waals surface area contributed by atoms with Crippen molar-refractivity contribution in [3.63, 3.8) is 0 Å². The second-order valence-electron chi connectivity index (χ2n) is 2.72. The predicted octanol–water partition coefficient (Wildman–Crippen LogP) is 2.75. The number of H-pyrrole nitrogens is 1. The molecule has 0 saturated carbocycles. The van der Waals surface area contributed by atoms with E-state index in [0.717, 1.165) is 15.8 Å². The molecule has 1 aromatic heterocycles. The zero-order valence-corrected chi connectivity index (χ0v) is 8.85. The van der Waals surface area contributed by atoms with Gasteiger partial charge in [0.25, 0.3) is 0 Å². The molecule has 0 aliphatic heterocycles. The van der Waals surface area contributed by atoms with Crippen LogP contribution in [0.1, 0.15) is 5.56 Å². The van der Waals surface area contributed by atoms with Gasteiger partial charge in [-0.25, -0.2) is 0 Å². The molecule has 5 heteroatoms. The maximum Gasteiger partial charge on any atom is 0.139 e. The molecule has 72 valence electrons. The topological polar surface area (TPSA) is 41.6 Å². The molecule has 1 heterocycles. The summed E-state index contributed by atoms with van der Waals surface area (Å²) in [7, 11) is 0. The van der Waals surface area contributed by atoms with Gasteiger partial charge in [0.05, 0.1) is 6.20 Å². The Hall–Kier alpha value is -1.00. The number of nitrogens with zero attached hydrogens (tertiary/aromatic N) is 2. The number of rotatable bonds is 3. The van der Waals surface area contributed by atoms with Crippen LogP contribution in [-0.2, 0) is 5.75 Å². The van der Waals surface area contributed by atoms with Crippen molar-refractivity contribution in [2.45, 2.75) is 10.8 Å². The minimum Gasteiger partial charge on any atom is -0.197 e. The van der Waals surface area contributed by atoms with Crippen LogP contribution in [0.2, 0.25) is 5.02 Å². The normalized spacial score (nSPS) is 10.4. The van der Waals surface area contributed by atoms with E-state index >= 15 is 0 Å². The highest BCUT2D eigenvalue weighted by molar-refractivity contribution is 7.98. The van der Waals surface area contributed by atoms with Gasteiger partial charge in [0, 0.05) is 10.8 Å². The lowest BCUT2D eigenvalue weighted by atomic mass is 10.2. The van der Waals surface area contributed by atoms with Crippen LogP contribution in [0.4, 0.5) is 0 Å².